The van der Waals surface area contributed by atoms with Crippen LogP contribution in [0.25, 0.3) is 0 Å². The summed E-state index contributed by atoms with van der Waals surface area (Å²) < 4.78 is 2.17. The Morgan fingerprint density at radius 1 is 1.41 bits per heavy atom. The van der Waals surface area contributed by atoms with Crippen LogP contribution in [0.5, 0.6) is 0 Å². The van der Waals surface area contributed by atoms with Crippen LogP contribution in [-0.2, 0) is 14.1 Å². The van der Waals surface area contributed by atoms with E-state index in [1.165, 1.54) is 14.1 Å². The van der Waals surface area contributed by atoms with E-state index in [1.54, 1.807) is 0 Å². The van der Waals surface area contributed by atoms with Crippen molar-refractivity contribution < 1.29 is 0 Å². The predicted octanol–water partition coefficient (Wildman–Crippen LogP) is -0.982. The topological polar surface area (TPSA) is 94.9 Å². The van der Waals surface area contributed by atoms with Crippen LogP contribution in [0.4, 0.5) is 5.82 Å². The molecular weight excluding hydrogens is 222 g/mol. The maximum atomic E-state index is 11.8. The molecule has 0 amide bonds. The maximum Gasteiger partial charge on any atom is 0.346 e. The average Bonchev–Trinajstić information content (AvgIpc) is 2.30. The van der Waals surface area contributed by atoms with E-state index in [0.717, 1.165) is 22.1 Å². The van der Waals surface area contributed by atoms with Gasteiger partial charge in [0.2, 0.25) is 5.82 Å². The van der Waals surface area contributed by atoms with Gasteiger partial charge in [0.05, 0.1) is 0 Å². The van der Waals surface area contributed by atoms with Crippen molar-refractivity contribution in [2.45, 2.75) is 25.8 Å². The molecule has 0 aliphatic heterocycles. The zero-order chi connectivity index (χ0) is 13.0. The summed E-state index contributed by atoms with van der Waals surface area (Å²) in [5, 5.41) is 6.90. The summed E-state index contributed by atoms with van der Waals surface area (Å²) in [6.45, 7) is 2.56. The number of hydrogen-bond donors (Lipinski definition) is 2. The highest BCUT2D eigenvalue weighted by Gasteiger charge is 2.10. The number of aryl methyl sites for hydroxylation is 1. The standard InChI is InChI=1S/C10H19N5O2/c1-7(5-4-6-11)12-8-9(16)14(2)10(17)15(3)13-8/h7H,4-6,11H2,1-3H3,(H,12,13). The summed E-state index contributed by atoms with van der Waals surface area (Å²) in [5.74, 6) is 0.194. The molecule has 0 fully saturated rings. The quantitative estimate of drug-likeness (QED) is 0.690. The molecule has 0 aromatic carbocycles. The number of nitrogens with two attached hydrogens (primary N) is 1. The number of anilines is 1. The molecule has 0 aliphatic rings. The molecule has 17 heavy (non-hydrogen) atoms. The number of aromatic nitrogens is 3. The minimum absolute atomic E-state index is 0.0938. The zero-order valence-corrected chi connectivity index (χ0v) is 10.4. The van der Waals surface area contributed by atoms with Crippen molar-refractivity contribution in [1.82, 2.24) is 14.3 Å². The first-order valence-corrected chi connectivity index (χ1v) is 5.58. The van der Waals surface area contributed by atoms with Crippen molar-refractivity contribution in [3.8, 4) is 0 Å². The SMILES string of the molecule is CC(CCCN)Nc1nn(C)c(=O)n(C)c1=O. The van der Waals surface area contributed by atoms with Crippen molar-refractivity contribution >= 4 is 5.82 Å². The Labute approximate surface area is 99.2 Å². The first-order valence-electron chi connectivity index (χ1n) is 5.58. The van der Waals surface area contributed by atoms with Crippen LogP contribution in [0, 0.1) is 0 Å². The second kappa shape index (κ2) is 5.62. The molecular formula is C10H19N5O2. The second-order valence-corrected chi connectivity index (χ2v) is 4.10. The summed E-state index contributed by atoms with van der Waals surface area (Å²) >= 11 is 0. The van der Waals surface area contributed by atoms with Gasteiger partial charge in [-0.05, 0) is 26.3 Å². The lowest BCUT2D eigenvalue weighted by molar-refractivity contribution is 0.592. The van der Waals surface area contributed by atoms with E-state index < -0.39 is 11.2 Å². The van der Waals surface area contributed by atoms with Gasteiger partial charge in [-0.25, -0.2) is 9.48 Å². The van der Waals surface area contributed by atoms with Crippen LogP contribution < -0.4 is 22.3 Å². The highest BCUT2D eigenvalue weighted by Crippen LogP contribution is 2.01. The summed E-state index contributed by atoms with van der Waals surface area (Å²) in [6, 6.07) is 0.0938. The number of nitrogens with one attached hydrogen (secondary N) is 1. The molecule has 7 heteroatoms. The number of rotatable bonds is 5. The van der Waals surface area contributed by atoms with Crippen molar-refractivity contribution in [2.24, 2.45) is 19.8 Å². The van der Waals surface area contributed by atoms with Crippen LogP contribution >= 0.6 is 0 Å². The van der Waals surface area contributed by atoms with Gasteiger partial charge in [0.25, 0.3) is 5.56 Å². The molecule has 0 aliphatic carbocycles. The van der Waals surface area contributed by atoms with Crippen molar-refractivity contribution in [3.63, 3.8) is 0 Å². The smallest absolute Gasteiger partial charge is 0.346 e. The molecule has 96 valence electrons. The van der Waals surface area contributed by atoms with Crippen molar-refractivity contribution in [3.05, 3.63) is 20.8 Å². The van der Waals surface area contributed by atoms with E-state index in [9.17, 15) is 9.59 Å². The van der Waals surface area contributed by atoms with Gasteiger partial charge in [0.1, 0.15) is 0 Å². The molecule has 0 spiro atoms. The molecule has 1 aromatic rings. The summed E-state index contributed by atoms with van der Waals surface area (Å²) in [7, 11) is 2.94. The Morgan fingerprint density at radius 3 is 2.65 bits per heavy atom. The highest BCUT2D eigenvalue weighted by atomic mass is 16.2. The van der Waals surface area contributed by atoms with Gasteiger partial charge in [-0.15, -0.1) is 5.10 Å². The fourth-order valence-corrected chi connectivity index (χ4v) is 1.52. The fourth-order valence-electron chi connectivity index (χ4n) is 1.52. The normalized spacial score (nSPS) is 12.5. The lowest BCUT2D eigenvalue weighted by Gasteiger charge is -2.14. The number of nitrogens with zero attached hydrogens (tertiary/aromatic N) is 3. The Bertz CT molecular complexity index is 490. The van der Waals surface area contributed by atoms with E-state index in [4.69, 9.17) is 5.73 Å². The average molecular weight is 241 g/mol. The van der Waals surface area contributed by atoms with Gasteiger partial charge < -0.3 is 11.1 Å². The van der Waals surface area contributed by atoms with Gasteiger partial charge in [-0.2, -0.15) is 0 Å². The van der Waals surface area contributed by atoms with Crippen molar-refractivity contribution in [1.29, 1.82) is 0 Å². The minimum atomic E-state index is -0.435. The fraction of sp³-hybridized carbons (Fsp3) is 0.700. The third-order valence-electron chi connectivity index (χ3n) is 2.55. The van der Waals surface area contributed by atoms with Crippen LogP contribution in [0.2, 0.25) is 0 Å². The van der Waals surface area contributed by atoms with Crippen LogP contribution in [0.1, 0.15) is 19.8 Å². The molecule has 0 saturated heterocycles. The lowest BCUT2D eigenvalue weighted by Crippen LogP contribution is -2.40. The Kier molecular flexibility index (Phi) is 4.45. The van der Waals surface area contributed by atoms with Gasteiger partial charge >= 0.3 is 5.69 Å². The van der Waals surface area contributed by atoms with Gasteiger partial charge in [0.15, 0.2) is 0 Å². The lowest BCUT2D eigenvalue weighted by atomic mass is 10.2. The van der Waals surface area contributed by atoms with Gasteiger partial charge in [-0.1, -0.05) is 0 Å². The van der Waals surface area contributed by atoms with Gasteiger partial charge in [-0.3, -0.25) is 9.36 Å². The van der Waals surface area contributed by atoms with E-state index in [2.05, 4.69) is 10.4 Å². The Hall–Kier alpha value is -1.63. The second-order valence-electron chi connectivity index (χ2n) is 4.10. The zero-order valence-electron chi connectivity index (χ0n) is 10.4. The first-order chi connectivity index (χ1) is 7.97. The third-order valence-corrected chi connectivity index (χ3v) is 2.55. The third kappa shape index (κ3) is 3.16. The molecule has 3 N–H and O–H groups in total. The Morgan fingerprint density at radius 2 is 2.06 bits per heavy atom. The van der Waals surface area contributed by atoms with E-state index in [1.807, 2.05) is 6.92 Å². The monoisotopic (exact) mass is 241 g/mol. The summed E-state index contributed by atoms with van der Waals surface area (Å²) in [4.78, 5) is 23.2. The van der Waals surface area contributed by atoms with Crippen molar-refractivity contribution in [2.75, 3.05) is 11.9 Å². The molecule has 1 atom stereocenters. The minimum Gasteiger partial charge on any atom is -0.362 e. The molecule has 0 bridgehead atoms. The van der Waals surface area contributed by atoms with Crippen LogP contribution in [0.15, 0.2) is 9.59 Å². The molecule has 1 aromatic heterocycles. The molecule has 0 saturated carbocycles. The maximum absolute atomic E-state index is 11.8. The molecule has 1 unspecified atom stereocenters. The van der Waals surface area contributed by atoms with E-state index in [0.29, 0.717) is 6.54 Å². The molecule has 0 radical (unpaired) electrons. The predicted molar refractivity (Wildman–Crippen MR) is 66.1 cm³/mol. The first kappa shape index (κ1) is 13.4. The van der Waals surface area contributed by atoms with Crippen LogP contribution in [0.3, 0.4) is 0 Å². The van der Waals surface area contributed by atoms with Gasteiger partial charge in [0, 0.05) is 20.1 Å². The largest absolute Gasteiger partial charge is 0.362 e. The highest BCUT2D eigenvalue weighted by molar-refractivity contribution is 5.30. The molecule has 7 nitrogen and oxygen atoms in total. The number of hydrogen-bond acceptors (Lipinski definition) is 5. The van der Waals surface area contributed by atoms with E-state index >= 15 is 0 Å². The van der Waals surface area contributed by atoms with Crippen LogP contribution in [-0.4, -0.2) is 26.9 Å². The van der Waals surface area contributed by atoms with E-state index in [-0.39, 0.29) is 11.9 Å². The molecule has 1 heterocycles. The molecule has 1 rings (SSSR count). The summed E-state index contributed by atoms with van der Waals surface area (Å²) in [5.41, 5.74) is 4.57. The summed E-state index contributed by atoms with van der Waals surface area (Å²) in [6.07, 6.45) is 1.73. The Balaban J connectivity index is 2.93.